The largest absolute Gasteiger partial charge is 0.353 e. The first-order chi connectivity index (χ1) is 11.5. The van der Waals surface area contributed by atoms with Crippen molar-refractivity contribution >= 4 is 11.8 Å². The third kappa shape index (κ3) is 3.45. The Hall–Kier alpha value is -2.70. The molecule has 1 aliphatic heterocycles. The van der Waals surface area contributed by atoms with E-state index in [-0.39, 0.29) is 24.7 Å². The van der Waals surface area contributed by atoms with Gasteiger partial charge in [0.2, 0.25) is 17.7 Å². The molecule has 7 heteroatoms. The third-order valence-corrected chi connectivity index (χ3v) is 4.19. The predicted octanol–water partition coefficient (Wildman–Crippen LogP) is 0.799. The highest BCUT2D eigenvalue weighted by molar-refractivity contribution is 5.89. The number of benzene rings is 1. The average molecular weight is 328 g/mol. The Kier molecular flexibility index (Phi) is 4.59. The summed E-state index contributed by atoms with van der Waals surface area (Å²) in [5.41, 5.74) is 2.04. The number of carbonyl (C=O) groups is 2. The van der Waals surface area contributed by atoms with Crippen molar-refractivity contribution < 1.29 is 14.1 Å². The molecular weight excluding hydrogens is 308 g/mol. The quantitative estimate of drug-likeness (QED) is 0.897. The van der Waals surface area contributed by atoms with E-state index < -0.39 is 6.04 Å². The molecule has 1 atom stereocenters. The van der Waals surface area contributed by atoms with Gasteiger partial charge in [0, 0.05) is 13.1 Å². The lowest BCUT2D eigenvalue weighted by Gasteiger charge is -2.34. The van der Waals surface area contributed by atoms with Gasteiger partial charge in [0.25, 0.3) is 0 Å². The molecular formula is C17H20N4O3. The van der Waals surface area contributed by atoms with E-state index in [0.29, 0.717) is 24.8 Å². The van der Waals surface area contributed by atoms with Crippen molar-refractivity contribution in [2.75, 3.05) is 13.1 Å². The van der Waals surface area contributed by atoms with Crippen LogP contribution in [0.2, 0.25) is 0 Å². The first-order valence-electron chi connectivity index (χ1n) is 7.95. The molecule has 1 N–H and O–H groups in total. The van der Waals surface area contributed by atoms with Gasteiger partial charge < -0.3 is 14.7 Å². The van der Waals surface area contributed by atoms with Crippen LogP contribution in [0.3, 0.4) is 0 Å². The minimum atomic E-state index is -0.616. The molecule has 0 spiro atoms. The maximum atomic E-state index is 12.8. The van der Waals surface area contributed by atoms with Crippen molar-refractivity contribution in [1.82, 2.24) is 20.4 Å². The maximum absolute atomic E-state index is 12.8. The van der Waals surface area contributed by atoms with E-state index in [1.54, 1.807) is 11.8 Å². The van der Waals surface area contributed by atoms with Crippen LogP contribution in [0, 0.1) is 13.8 Å². The summed E-state index contributed by atoms with van der Waals surface area (Å²) in [6, 6.07) is 7.16. The van der Waals surface area contributed by atoms with Gasteiger partial charge in [0.15, 0.2) is 5.82 Å². The second kappa shape index (κ2) is 6.82. The number of nitrogens with one attached hydrogen (secondary N) is 1. The molecule has 2 aromatic rings. The van der Waals surface area contributed by atoms with Crippen molar-refractivity contribution in [3.05, 3.63) is 47.1 Å². The first-order valence-corrected chi connectivity index (χ1v) is 7.95. The van der Waals surface area contributed by atoms with Crippen LogP contribution in [0.4, 0.5) is 0 Å². The number of nitrogens with zero attached hydrogens (tertiary/aromatic N) is 3. The van der Waals surface area contributed by atoms with Crippen molar-refractivity contribution in [2.45, 2.75) is 32.7 Å². The number of hydrogen-bond acceptors (Lipinski definition) is 5. The minimum absolute atomic E-state index is 0.0691. The van der Waals surface area contributed by atoms with E-state index in [0.717, 1.165) is 11.1 Å². The van der Waals surface area contributed by atoms with Crippen LogP contribution in [-0.2, 0) is 22.4 Å². The van der Waals surface area contributed by atoms with Crippen molar-refractivity contribution in [2.24, 2.45) is 0 Å². The van der Waals surface area contributed by atoms with Gasteiger partial charge in [-0.3, -0.25) is 9.59 Å². The second-order valence-electron chi connectivity index (χ2n) is 5.94. The van der Waals surface area contributed by atoms with Gasteiger partial charge in [-0.15, -0.1) is 0 Å². The molecule has 0 saturated carbocycles. The zero-order valence-corrected chi connectivity index (χ0v) is 13.8. The molecule has 0 bridgehead atoms. The highest BCUT2D eigenvalue weighted by atomic mass is 16.5. The average Bonchev–Trinajstić information content (AvgIpc) is 2.96. The fraction of sp³-hybridized carbons (Fsp3) is 0.412. The van der Waals surface area contributed by atoms with Crippen LogP contribution in [0.15, 0.2) is 28.8 Å². The minimum Gasteiger partial charge on any atom is -0.353 e. The molecule has 1 fully saturated rings. The lowest BCUT2D eigenvalue weighted by atomic mass is 10.0. The lowest BCUT2D eigenvalue weighted by Crippen LogP contribution is -2.58. The van der Waals surface area contributed by atoms with E-state index in [4.69, 9.17) is 4.52 Å². The smallest absolute Gasteiger partial charge is 0.243 e. The summed E-state index contributed by atoms with van der Waals surface area (Å²) in [7, 11) is 0. The van der Waals surface area contributed by atoms with E-state index in [1.165, 1.54) is 0 Å². The Morgan fingerprint density at radius 2 is 2.17 bits per heavy atom. The van der Waals surface area contributed by atoms with Gasteiger partial charge >= 0.3 is 0 Å². The third-order valence-electron chi connectivity index (χ3n) is 4.19. The van der Waals surface area contributed by atoms with Gasteiger partial charge in [-0.1, -0.05) is 29.4 Å². The normalized spacial score (nSPS) is 17.7. The molecule has 1 aromatic carbocycles. The number of piperazine rings is 1. The Balaban J connectivity index is 1.76. The first kappa shape index (κ1) is 16.2. The van der Waals surface area contributed by atoms with Crippen LogP contribution >= 0.6 is 0 Å². The Bertz CT molecular complexity index is 756. The molecule has 7 nitrogen and oxygen atoms in total. The van der Waals surface area contributed by atoms with Crippen molar-refractivity contribution in [3.63, 3.8) is 0 Å². The van der Waals surface area contributed by atoms with Crippen LogP contribution in [0.5, 0.6) is 0 Å². The van der Waals surface area contributed by atoms with Gasteiger partial charge in [0.1, 0.15) is 6.04 Å². The van der Waals surface area contributed by atoms with E-state index in [1.807, 2.05) is 31.2 Å². The van der Waals surface area contributed by atoms with E-state index in [9.17, 15) is 9.59 Å². The topological polar surface area (TPSA) is 88.3 Å². The highest BCUT2D eigenvalue weighted by Crippen LogP contribution is 2.15. The van der Waals surface area contributed by atoms with Gasteiger partial charge in [0.05, 0.1) is 12.8 Å². The van der Waals surface area contributed by atoms with Crippen LogP contribution in [-0.4, -0.2) is 46.0 Å². The summed E-state index contributed by atoms with van der Waals surface area (Å²) >= 11 is 0. The van der Waals surface area contributed by atoms with Gasteiger partial charge in [-0.2, -0.15) is 4.98 Å². The standard InChI is InChI=1S/C17H20N4O3/c1-11-5-3-4-6-13(11)9-16(22)21-8-7-18-17(23)14(21)10-15-19-12(2)20-24-15/h3-6,14H,7-10H2,1-2H3,(H,18,23). The summed E-state index contributed by atoms with van der Waals surface area (Å²) in [5, 5.41) is 6.53. The summed E-state index contributed by atoms with van der Waals surface area (Å²) < 4.78 is 5.10. The monoisotopic (exact) mass is 328 g/mol. The van der Waals surface area contributed by atoms with Crippen molar-refractivity contribution in [1.29, 1.82) is 0 Å². The fourth-order valence-corrected chi connectivity index (χ4v) is 2.88. The van der Waals surface area contributed by atoms with Crippen LogP contribution < -0.4 is 5.32 Å². The SMILES string of the molecule is Cc1noc(CC2C(=O)NCCN2C(=O)Cc2ccccc2C)n1. The molecule has 1 unspecified atom stereocenters. The molecule has 1 aliphatic rings. The number of carbonyl (C=O) groups excluding carboxylic acids is 2. The molecule has 0 aliphatic carbocycles. The summed E-state index contributed by atoms with van der Waals surface area (Å²) in [6.07, 6.45) is 0.505. The molecule has 0 radical (unpaired) electrons. The molecule has 2 heterocycles. The van der Waals surface area contributed by atoms with E-state index in [2.05, 4.69) is 15.5 Å². The van der Waals surface area contributed by atoms with E-state index >= 15 is 0 Å². The maximum Gasteiger partial charge on any atom is 0.243 e. The van der Waals surface area contributed by atoms with Gasteiger partial charge in [-0.25, -0.2) is 0 Å². The highest BCUT2D eigenvalue weighted by Gasteiger charge is 2.34. The number of amides is 2. The molecule has 24 heavy (non-hydrogen) atoms. The predicted molar refractivity (Wildman–Crippen MR) is 86.1 cm³/mol. The number of aromatic nitrogens is 2. The zero-order chi connectivity index (χ0) is 17.1. The van der Waals surface area contributed by atoms with Gasteiger partial charge in [-0.05, 0) is 25.0 Å². The molecule has 3 rings (SSSR count). The summed E-state index contributed by atoms with van der Waals surface area (Å²) in [4.78, 5) is 30.7. The summed E-state index contributed by atoms with van der Waals surface area (Å²) in [5.74, 6) is 0.623. The molecule has 1 saturated heterocycles. The zero-order valence-electron chi connectivity index (χ0n) is 13.8. The summed E-state index contributed by atoms with van der Waals surface area (Å²) in [6.45, 7) is 4.63. The number of aryl methyl sites for hydroxylation is 2. The molecule has 126 valence electrons. The Morgan fingerprint density at radius 3 is 2.88 bits per heavy atom. The number of rotatable bonds is 4. The van der Waals surface area contributed by atoms with Crippen LogP contribution in [0.1, 0.15) is 22.8 Å². The second-order valence-corrected chi connectivity index (χ2v) is 5.94. The van der Waals surface area contributed by atoms with Crippen LogP contribution in [0.25, 0.3) is 0 Å². The Morgan fingerprint density at radius 1 is 1.38 bits per heavy atom. The molecule has 1 aromatic heterocycles. The fourth-order valence-electron chi connectivity index (χ4n) is 2.88. The van der Waals surface area contributed by atoms with Crippen molar-refractivity contribution in [3.8, 4) is 0 Å². The lowest BCUT2D eigenvalue weighted by molar-refractivity contribution is -0.142. The Labute approximate surface area is 140 Å². The molecule has 2 amide bonds. The number of hydrogen-bond donors (Lipinski definition) is 1.